The van der Waals surface area contributed by atoms with Crippen molar-refractivity contribution in [2.24, 2.45) is 10.6 Å². The van der Waals surface area contributed by atoms with E-state index in [1.807, 2.05) is 13.8 Å². The van der Waals surface area contributed by atoms with E-state index in [-0.39, 0.29) is 22.3 Å². The number of aromatic nitrogens is 1. The van der Waals surface area contributed by atoms with Crippen LogP contribution < -0.4 is 10.5 Å². The zero-order valence-corrected chi connectivity index (χ0v) is 14.1. The largest absolute Gasteiger partial charge is 0.350 e. The maximum Gasteiger partial charge on any atom is 0.267 e. The van der Waals surface area contributed by atoms with Crippen LogP contribution in [0.2, 0.25) is 0 Å². The summed E-state index contributed by atoms with van der Waals surface area (Å²) in [6.07, 6.45) is 2.33. The van der Waals surface area contributed by atoms with E-state index >= 15 is 0 Å². The van der Waals surface area contributed by atoms with Crippen LogP contribution in [0.15, 0.2) is 17.2 Å². The second kappa shape index (κ2) is 6.19. The lowest BCUT2D eigenvalue weighted by atomic mass is 9.90. The van der Waals surface area contributed by atoms with Crippen molar-refractivity contribution in [1.82, 2.24) is 9.88 Å². The van der Waals surface area contributed by atoms with E-state index in [4.69, 9.17) is 5.14 Å². The molecule has 0 fully saturated rings. The molecule has 0 saturated carbocycles. The smallest absolute Gasteiger partial charge is 0.267 e. The number of nitrogens with one attached hydrogen (secondary N) is 1. The van der Waals surface area contributed by atoms with Crippen LogP contribution in [-0.4, -0.2) is 25.4 Å². The molecule has 0 bridgehead atoms. The van der Waals surface area contributed by atoms with Gasteiger partial charge in [-0.15, -0.1) is 0 Å². The zero-order chi connectivity index (χ0) is 16.4. The molecule has 0 spiro atoms. The zero-order valence-electron chi connectivity index (χ0n) is 13.3. The summed E-state index contributed by atoms with van der Waals surface area (Å²) in [6.45, 7) is 10.5. The number of hydrogen-bond donors (Lipinski definition) is 2. The van der Waals surface area contributed by atoms with Gasteiger partial charge in [-0.05, 0) is 31.7 Å². The van der Waals surface area contributed by atoms with Gasteiger partial charge in [-0.2, -0.15) is 0 Å². The van der Waals surface area contributed by atoms with Gasteiger partial charge in [0.15, 0.2) is 0 Å². The first kappa shape index (κ1) is 17.7. The SMILES string of the molecule is CCC(C)(C)CNC(=O)c1cc(S(N)(=O)=O)cn1C(C)C. The van der Waals surface area contributed by atoms with Crippen molar-refractivity contribution in [1.29, 1.82) is 0 Å². The summed E-state index contributed by atoms with van der Waals surface area (Å²) in [7, 11) is -3.82. The molecular weight excluding hydrogens is 290 g/mol. The second-order valence-corrected chi connectivity index (χ2v) is 7.87. The molecule has 1 amide bonds. The molecule has 0 aromatic carbocycles. The third-order valence-electron chi connectivity index (χ3n) is 3.63. The average Bonchev–Trinajstić information content (AvgIpc) is 2.81. The molecule has 21 heavy (non-hydrogen) atoms. The molecule has 0 saturated heterocycles. The van der Waals surface area contributed by atoms with Crippen molar-refractivity contribution < 1.29 is 13.2 Å². The molecule has 0 unspecified atom stereocenters. The van der Waals surface area contributed by atoms with Gasteiger partial charge in [-0.3, -0.25) is 4.79 Å². The fourth-order valence-corrected chi connectivity index (χ4v) is 2.29. The van der Waals surface area contributed by atoms with Crippen LogP contribution >= 0.6 is 0 Å². The highest BCUT2D eigenvalue weighted by atomic mass is 32.2. The number of rotatable bonds is 6. The predicted octanol–water partition coefficient (Wildman–Crippen LogP) is 1.88. The molecule has 0 atom stereocenters. The van der Waals surface area contributed by atoms with Crippen LogP contribution in [-0.2, 0) is 10.0 Å². The fraction of sp³-hybridized carbons (Fsp3) is 0.643. The maximum atomic E-state index is 12.3. The molecule has 7 heteroatoms. The molecule has 0 aliphatic rings. The standard InChI is InChI=1S/C14H25N3O3S/c1-6-14(4,5)9-16-13(18)12-7-11(21(15,19)20)8-17(12)10(2)3/h7-8,10H,6,9H2,1-5H3,(H,16,18)(H2,15,19,20). The van der Waals surface area contributed by atoms with Gasteiger partial charge in [0, 0.05) is 18.8 Å². The van der Waals surface area contributed by atoms with Gasteiger partial charge < -0.3 is 9.88 Å². The summed E-state index contributed by atoms with van der Waals surface area (Å²) in [6, 6.07) is 1.28. The first-order valence-corrected chi connectivity index (χ1v) is 8.55. The minimum atomic E-state index is -3.82. The van der Waals surface area contributed by atoms with Crippen molar-refractivity contribution in [3.8, 4) is 0 Å². The molecule has 0 aliphatic heterocycles. The Bertz CT molecular complexity index is 615. The summed E-state index contributed by atoms with van der Waals surface area (Å²) in [4.78, 5) is 12.3. The molecule has 0 radical (unpaired) electrons. The van der Waals surface area contributed by atoms with Crippen LogP contribution in [0.25, 0.3) is 0 Å². The Morgan fingerprint density at radius 2 is 2.00 bits per heavy atom. The van der Waals surface area contributed by atoms with Crippen LogP contribution in [0.1, 0.15) is 57.6 Å². The first-order valence-electron chi connectivity index (χ1n) is 7.01. The quantitative estimate of drug-likeness (QED) is 0.839. The van der Waals surface area contributed by atoms with E-state index in [9.17, 15) is 13.2 Å². The van der Waals surface area contributed by atoms with E-state index in [0.29, 0.717) is 12.2 Å². The summed E-state index contributed by atoms with van der Waals surface area (Å²) in [5.41, 5.74) is 0.300. The molecule has 1 aromatic rings. The molecular formula is C14H25N3O3S. The number of amides is 1. The number of hydrogen-bond acceptors (Lipinski definition) is 3. The van der Waals surface area contributed by atoms with E-state index < -0.39 is 10.0 Å². The van der Waals surface area contributed by atoms with Gasteiger partial charge >= 0.3 is 0 Å². The van der Waals surface area contributed by atoms with E-state index in [1.54, 1.807) is 4.57 Å². The molecule has 1 aromatic heterocycles. The Balaban J connectivity index is 3.06. The summed E-state index contributed by atoms with van der Waals surface area (Å²) in [5, 5.41) is 7.99. The fourth-order valence-electron chi connectivity index (χ4n) is 1.75. The van der Waals surface area contributed by atoms with Gasteiger partial charge in [-0.1, -0.05) is 20.8 Å². The highest BCUT2D eigenvalue weighted by Crippen LogP contribution is 2.20. The van der Waals surface area contributed by atoms with Crippen LogP contribution in [0.4, 0.5) is 0 Å². The normalized spacial score (nSPS) is 12.7. The second-order valence-electron chi connectivity index (χ2n) is 6.31. The number of carbonyl (C=O) groups excluding carboxylic acids is 1. The Labute approximate surface area is 126 Å². The van der Waals surface area contributed by atoms with E-state index in [2.05, 4.69) is 26.1 Å². The molecule has 1 rings (SSSR count). The number of primary sulfonamides is 1. The summed E-state index contributed by atoms with van der Waals surface area (Å²) < 4.78 is 24.5. The monoisotopic (exact) mass is 315 g/mol. The van der Waals surface area contributed by atoms with Crippen LogP contribution in [0.3, 0.4) is 0 Å². The minimum absolute atomic E-state index is 0.00626. The molecule has 120 valence electrons. The average molecular weight is 315 g/mol. The maximum absolute atomic E-state index is 12.3. The van der Waals surface area contributed by atoms with Crippen molar-refractivity contribution in [2.45, 2.75) is 52.0 Å². The highest BCUT2D eigenvalue weighted by molar-refractivity contribution is 7.89. The van der Waals surface area contributed by atoms with E-state index in [0.717, 1.165) is 6.42 Å². The predicted molar refractivity (Wildman–Crippen MR) is 82.6 cm³/mol. The number of nitrogens with zero attached hydrogens (tertiary/aromatic N) is 1. The topological polar surface area (TPSA) is 94.2 Å². The van der Waals surface area contributed by atoms with Gasteiger partial charge in [0.1, 0.15) is 10.6 Å². The highest BCUT2D eigenvalue weighted by Gasteiger charge is 2.22. The van der Waals surface area contributed by atoms with Crippen molar-refractivity contribution in [2.75, 3.05) is 6.54 Å². The Kier molecular flexibility index (Phi) is 5.22. The lowest BCUT2D eigenvalue weighted by Gasteiger charge is -2.23. The molecule has 6 nitrogen and oxygen atoms in total. The summed E-state index contributed by atoms with van der Waals surface area (Å²) in [5.74, 6) is -0.292. The lowest BCUT2D eigenvalue weighted by Crippen LogP contribution is -2.34. The van der Waals surface area contributed by atoms with Crippen LogP contribution in [0.5, 0.6) is 0 Å². The van der Waals surface area contributed by atoms with Gasteiger partial charge in [0.25, 0.3) is 5.91 Å². The Hall–Kier alpha value is -1.34. The Morgan fingerprint density at radius 1 is 1.43 bits per heavy atom. The van der Waals surface area contributed by atoms with Crippen molar-refractivity contribution >= 4 is 15.9 Å². The third-order valence-corrected chi connectivity index (χ3v) is 4.51. The molecule has 3 N–H and O–H groups in total. The first-order chi connectivity index (χ1) is 9.48. The van der Waals surface area contributed by atoms with Gasteiger partial charge in [-0.25, -0.2) is 13.6 Å². The Morgan fingerprint density at radius 3 is 2.43 bits per heavy atom. The van der Waals surface area contributed by atoms with Gasteiger partial charge in [0.2, 0.25) is 10.0 Å². The minimum Gasteiger partial charge on any atom is -0.350 e. The lowest BCUT2D eigenvalue weighted by molar-refractivity contribution is 0.0925. The third kappa shape index (κ3) is 4.57. The number of carbonyl (C=O) groups is 1. The number of sulfonamides is 1. The van der Waals surface area contributed by atoms with Gasteiger partial charge in [0.05, 0.1) is 0 Å². The van der Waals surface area contributed by atoms with Crippen molar-refractivity contribution in [3.05, 3.63) is 18.0 Å². The summed E-state index contributed by atoms with van der Waals surface area (Å²) >= 11 is 0. The molecule has 0 aliphatic carbocycles. The van der Waals surface area contributed by atoms with E-state index in [1.165, 1.54) is 12.3 Å². The van der Waals surface area contributed by atoms with Crippen LogP contribution in [0, 0.1) is 5.41 Å². The number of nitrogens with two attached hydrogens (primary N) is 1. The molecule has 1 heterocycles. The van der Waals surface area contributed by atoms with Crippen molar-refractivity contribution in [3.63, 3.8) is 0 Å².